The second-order valence-electron chi connectivity index (χ2n) is 12.2. The fourth-order valence-electron chi connectivity index (χ4n) is 6.67. The van der Waals surface area contributed by atoms with E-state index in [1.165, 1.54) is 37.2 Å². The van der Waals surface area contributed by atoms with Gasteiger partial charge in [-0.05, 0) is 118 Å². The number of ether oxygens (including phenoxy) is 1. The Hall–Kier alpha value is -2.98. The van der Waals surface area contributed by atoms with E-state index in [1.54, 1.807) is 25.7 Å². The topological polar surface area (TPSA) is 104 Å². The molecule has 4 aromatic rings. The number of benzene rings is 1. The predicted octanol–water partition coefficient (Wildman–Crippen LogP) is 6.28. The van der Waals surface area contributed by atoms with Crippen molar-refractivity contribution < 1.29 is 4.74 Å². The molecule has 0 saturated carbocycles. The molecular formula is C33H43BrN9OP. The molecule has 0 atom stereocenters. The van der Waals surface area contributed by atoms with E-state index >= 15 is 0 Å². The minimum absolute atomic E-state index is 0.439. The number of aryl methyl sites for hydroxylation is 1. The summed E-state index contributed by atoms with van der Waals surface area (Å²) in [5.41, 5.74) is 5.94. The first-order chi connectivity index (χ1) is 21.8. The second kappa shape index (κ2) is 14.2. The summed E-state index contributed by atoms with van der Waals surface area (Å²) >= 11 is 3.64. The Balaban J connectivity index is 1.21. The minimum atomic E-state index is -0.467. The molecule has 0 aliphatic carbocycles. The first-order valence-electron chi connectivity index (χ1n) is 15.8. The van der Waals surface area contributed by atoms with Crippen molar-refractivity contribution in [3.8, 4) is 5.88 Å². The molecule has 5 heterocycles. The van der Waals surface area contributed by atoms with Crippen molar-refractivity contribution in [2.75, 3.05) is 64.3 Å². The number of likely N-dealkylation sites (tertiary alicyclic amines) is 2. The van der Waals surface area contributed by atoms with E-state index in [1.807, 2.05) is 12.1 Å². The standard InChI is InChI=1S/C33H43BrN9OP/c1-6-21-19-27(32(44-3)40-28(21)22-9-17-43(18-10-22)23-11-15-42(2)16-12-23)39-33-37-20-24(34)31(41-33)38-26-8-7-25-29(30(26)45(4)5)36-14-13-35-25/h7-8,13-14,19-20,22-23H,6,9-12,15-18H2,1-5H3,(H2,37,38,39,41). The molecule has 2 fully saturated rings. The van der Waals surface area contributed by atoms with Gasteiger partial charge in [-0.15, -0.1) is 0 Å². The van der Waals surface area contributed by atoms with Crippen LogP contribution < -0.4 is 20.7 Å². The van der Waals surface area contributed by atoms with Gasteiger partial charge in [0.25, 0.3) is 0 Å². The van der Waals surface area contributed by atoms with Gasteiger partial charge >= 0.3 is 0 Å². The van der Waals surface area contributed by atoms with E-state index in [2.05, 4.69) is 84.7 Å². The van der Waals surface area contributed by atoms with E-state index in [0.717, 1.165) is 70.6 Å². The SMILES string of the molecule is CCc1cc(Nc2ncc(Br)c(Nc3ccc4nccnc4c3P(C)C)n2)c(OC)nc1C1CCN(C2CCN(C)CC2)CC1. The largest absolute Gasteiger partial charge is 0.480 e. The van der Waals surface area contributed by atoms with Crippen LogP contribution in [0.15, 0.2) is 41.3 Å². The number of aromatic nitrogens is 5. The van der Waals surface area contributed by atoms with Gasteiger partial charge in [0.15, 0.2) is 0 Å². The molecular weight excluding hydrogens is 649 g/mol. The van der Waals surface area contributed by atoms with Crippen LogP contribution in [0.3, 0.4) is 0 Å². The highest BCUT2D eigenvalue weighted by atomic mass is 79.9. The van der Waals surface area contributed by atoms with Crippen molar-refractivity contribution in [2.24, 2.45) is 0 Å². The maximum absolute atomic E-state index is 5.83. The lowest BCUT2D eigenvalue weighted by atomic mass is 9.88. The van der Waals surface area contributed by atoms with Crippen LogP contribution in [0.5, 0.6) is 5.88 Å². The van der Waals surface area contributed by atoms with E-state index in [4.69, 9.17) is 14.7 Å². The monoisotopic (exact) mass is 691 g/mol. The molecule has 10 nitrogen and oxygen atoms in total. The Morgan fingerprint density at radius 3 is 2.42 bits per heavy atom. The van der Waals surface area contributed by atoms with Crippen LogP contribution in [0.4, 0.5) is 23.1 Å². The van der Waals surface area contributed by atoms with Gasteiger partial charge in [-0.25, -0.2) is 9.97 Å². The summed E-state index contributed by atoms with van der Waals surface area (Å²) in [4.78, 5) is 28.8. The summed E-state index contributed by atoms with van der Waals surface area (Å²) in [5, 5.41) is 8.09. The number of nitrogens with one attached hydrogen (secondary N) is 2. The summed E-state index contributed by atoms with van der Waals surface area (Å²) in [6.45, 7) is 11.3. The quantitative estimate of drug-likeness (QED) is 0.195. The average molecular weight is 693 g/mol. The Morgan fingerprint density at radius 2 is 1.71 bits per heavy atom. The first-order valence-corrected chi connectivity index (χ1v) is 18.9. The lowest BCUT2D eigenvalue weighted by Crippen LogP contribution is -2.46. The third-order valence-corrected chi connectivity index (χ3v) is 11.0. The molecule has 12 heteroatoms. The zero-order valence-corrected chi connectivity index (χ0v) is 29.3. The molecule has 0 bridgehead atoms. The highest BCUT2D eigenvalue weighted by Crippen LogP contribution is 2.37. The fourth-order valence-corrected chi connectivity index (χ4v) is 8.17. The Labute approximate surface area is 275 Å². The number of hydrogen-bond donors (Lipinski definition) is 2. The molecule has 2 aliphatic heterocycles. The lowest BCUT2D eigenvalue weighted by molar-refractivity contribution is 0.0960. The van der Waals surface area contributed by atoms with Crippen LogP contribution in [0, 0.1) is 0 Å². The normalized spacial score (nSPS) is 17.2. The Kier molecular flexibility index (Phi) is 10.1. The zero-order chi connectivity index (χ0) is 31.5. The fraction of sp³-hybridized carbons (Fsp3) is 0.485. The lowest BCUT2D eigenvalue weighted by Gasteiger charge is -2.41. The number of methoxy groups -OCH3 is 1. The average Bonchev–Trinajstić information content (AvgIpc) is 3.06. The van der Waals surface area contributed by atoms with Crippen LogP contribution in [-0.2, 0) is 6.42 Å². The maximum Gasteiger partial charge on any atom is 0.237 e. The van der Waals surface area contributed by atoms with Gasteiger partial charge in [0.2, 0.25) is 11.8 Å². The molecule has 2 N–H and O–H groups in total. The van der Waals surface area contributed by atoms with Crippen molar-refractivity contribution in [1.82, 2.24) is 34.7 Å². The highest BCUT2D eigenvalue weighted by Gasteiger charge is 2.30. The summed E-state index contributed by atoms with van der Waals surface area (Å²) in [6.07, 6.45) is 10.9. The molecule has 2 aliphatic rings. The van der Waals surface area contributed by atoms with Gasteiger partial charge in [-0.3, -0.25) is 9.97 Å². The smallest absolute Gasteiger partial charge is 0.237 e. The molecule has 1 aromatic carbocycles. The summed E-state index contributed by atoms with van der Waals surface area (Å²) in [5.74, 6) is 2.12. The van der Waals surface area contributed by atoms with Crippen molar-refractivity contribution in [3.05, 3.63) is 52.5 Å². The molecule has 0 unspecified atom stereocenters. The van der Waals surface area contributed by atoms with Crippen LogP contribution >= 0.6 is 23.9 Å². The molecule has 2 saturated heterocycles. The third-order valence-electron chi connectivity index (χ3n) is 9.10. The van der Waals surface area contributed by atoms with Crippen LogP contribution in [0.2, 0.25) is 0 Å². The predicted molar refractivity (Wildman–Crippen MR) is 188 cm³/mol. The van der Waals surface area contributed by atoms with Crippen molar-refractivity contribution in [3.63, 3.8) is 0 Å². The van der Waals surface area contributed by atoms with Crippen LogP contribution in [0.25, 0.3) is 11.0 Å². The summed E-state index contributed by atoms with van der Waals surface area (Å²) < 4.78 is 6.59. The van der Waals surface area contributed by atoms with E-state index in [-0.39, 0.29) is 0 Å². The highest BCUT2D eigenvalue weighted by molar-refractivity contribution is 9.10. The number of nitrogens with zero attached hydrogens (tertiary/aromatic N) is 7. The molecule has 0 amide bonds. The first kappa shape index (κ1) is 32.0. The van der Waals surface area contributed by atoms with Crippen LogP contribution in [-0.4, -0.2) is 94.4 Å². The summed E-state index contributed by atoms with van der Waals surface area (Å²) in [6, 6.07) is 6.93. The summed E-state index contributed by atoms with van der Waals surface area (Å²) in [7, 11) is 3.44. The number of anilines is 4. The van der Waals surface area contributed by atoms with Crippen molar-refractivity contribution in [1.29, 1.82) is 0 Å². The van der Waals surface area contributed by atoms with Gasteiger partial charge in [0.1, 0.15) is 11.5 Å². The number of rotatable bonds is 9. The van der Waals surface area contributed by atoms with E-state index in [0.29, 0.717) is 23.6 Å². The second-order valence-corrected chi connectivity index (χ2v) is 15.3. The minimum Gasteiger partial charge on any atom is -0.480 e. The van der Waals surface area contributed by atoms with Crippen molar-refractivity contribution in [2.45, 2.75) is 51.0 Å². The van der Waals surface area contributed by atoms with Crippen molar-refractivity contribution >= 4 is 63.3 Å². The van der Waals surface area contributed by atoms with Gasteiger partial charge in [0.05, 0.1) is 28.3 Å². The van der Waals surface area contributed by atoms with Gasteiger partial charge in [-0.1, -0.05) is 14.8 Å². The third kappa shape index (κ3) is 7.07. The molecule has 0 spiro atoms. The zero-order valence-electron chi connectivity index (χ0n) is 26.8. The molecule has 6 rings (SSSR count). The van der Waals surface area contributed by atoms with Gasteiger partial charge in [0, 0.05) is 41.5 Å². The molecule has 3 aromatic heterocycles. The van der Waals surface area contributed by atoms with E-state index < -0.39 is 7.92 Å². The van der Waals surface area contributed by atoms with Crippen LogP contribution in [0.1, 0.15) is 49.8 Å². The molecule has 238 valence electrons. The number of hydrogen-bond acceptors (Lipinski definition) is 10. The van der Waals surface area contributed by atoms with Gasteiger partial charge in [-0.2, -0.15) is 4.98 Å². The van der Waals surface area contributed by atoms with Gasteiger partial charge < -0.3 is 25.2 Å². The number of pyridine rings is 1. The Morgan fingerprint density at radius 1 is 0.956 bits per heavy atom. The number of fused-ring (bicyclic) bond motifs is 1. The van der Waals surface area contributed by atoms with E-state index in [9.17, 15) is 0 Å². The maximum atomic E-state index is 5.83. The number of piperidine rings is 2. The molecule has 45 heavy (non-hydrogen) atoms. The molecule has 0 radical (unpaired) electrons. The number of halogens is 1. The Bertz CT molecular complexity index is 1640.